The highest BCUT2D eigenvalue weighted by molar-refractivity contribution is 7.99. The number of hydrogen-bond donors (Lipinski definition) is 1. The molecule has 0 saturated heterocycles. The molecule has 0 bridgehead atoms. The van der Waals surface area contributed by atoms with Gasteiger partial charge in [-0.1, -0.05) is 23.9 Å². The number of aromatic carboxylic acids is 1. The first-order chi connectivity index (χ1) is 9.06. The van der Waals surface area contributed by atoms with Crippen molar-refractivity contribution >= 4 is 23.4 Å². The van der Waals surface area contributed by atoms with Crippen molar-refractivity contribution in [3.8, 4) is 0 Å². The molecule has 0 heterocycles. The summed E-state index contributed by atoms with van der Waals surface area (Å²) in [5.41, 5.74) is 0.204. The Labute approximate surface area is 113 Å². The van der Waals surface area contributed by atoms with Gasteiger partial charge in [-0.2, -0.15) is 0 Å². The quantitative estimate of drug-likeness (QED) is 0.682. The predicted molar refractivity (Wildman–Crippen MR) is 70.6 cm³/mol. The second-order valence-corrected chi connectivity index (χ2v) is 4.84. The maximum atomic E-state index is 10.9. The highest BCUT2D eigenvalue weighted by Crippen LogP contribution is 2.30. The van der Waals surface area contributed by atoms with Crippen molar-refractivity contribution in [2.24, 2.45) is 0 Å². The molecule has 2 aromatic rings. The van der Waals surface area contributed by atoms with Crippen molar-refractivity contribution in [1.82, 2.24) is 0 Å². The molecule has 0 aliphatic carbocycles. The summed E-state index contributed by atoms with van der Waals surface area (Å²) in [5.74, 6) is -0.999. The molecular formula is C13H9NO4S. The van der Waals surface area contributed by atoms with Crippen molar-refractivity contribution in [2.45, 2.75) is 9.79 Å². The average molecular weight is 275 g/mol. The Bertz CT molecular complexity index is 587. The lowest BCUT2D eigenvalue weighted by Gasteiger charge is -2.02. The van der Waals surface area contributed by atoms with Crippen LogP contribution in [0.3, 0.4) is 0 Å². The van der Waals surface area contributed by atoms with E-state index in [1.54, 1.807) is 24.3 Å². The van der Waals surface area contributed by atoms with Gasteiger partial charge < -0.3 is 5.11 Å². The Morgan fingerprint density at radius 1 is 1.11 bits per heavy atom. The second kappa shape index (κ2) is 5.53. The zero-order valence-electron chi connectivity index (χ0n) is 9.65. The van der Waals surface area contributed by atoms with Crippen LogP contribution in [0.2, 0.25) is 0 Å². The van der Waals surface area contributed by atoms with Gasteiger partial charge in [0.15, 0.2) is 0 Å². The summed E-state index contributed by atoms with van der Waals surface area (Å²) in [6.45, 7) is 0. The SMILES string of the molecule is O=C(O)c1cccc(Sc2cccc([N+](=O)[O-])c2)c1. The molecule has 1 N–H and O–H groups in total. The van der Waals surface area contributed by atoms with E-state index in [0.29, 0.717) is 4.90 Å². The summed E-state index contributed by atoms with van der Waals surface area (Å²) in [6.07, 6.45) is 0. The minimum absolute atomic E-state index is 0.0133. The first-order valence-electron chi connectivity index (χ1n) is 5.32. The van der Waals surface area contributed by atoms with Crippen LogP contribution in [0.5, 0.6) is 0 Å². The van der Waals surface area contributed by atoms with Gasteiger partial charge in [0.25, 0.3) is 5.69 Å². The van der Waals surface area contributed by atoms with Crippen molar-refractivity contribution in [3.63, 3.8) is 0 Å². The maximum absolute atomic E-state index is 10.9. The third-order valence-electron chi connectivity index (χ3n) is 2.35. The van der Waals surface area contributed by atoms with Gasteiger partial charge in [0.05, 0.1) is 10.5 Å². The number of benzene rings is 2. The Morgan fingerprint density at radius 3 is 2.37 bits per heavy atom. The van der Waals surface area contributed by atoms with Gasteiger partial charge in [0.2, 0.25) is 0 Å². The molecular weight excluding hydrogens is 266 g/mol. The van der Waals surface area contributed by atoms with E-state index in [0.717, 1.165) is 4.90 Å². The molecule has 0 fully saturated rings. The molecule has 0 saturated carbocycles. The smallest absolute Gasteiger partial charge is 0.335 e. The van der Waals surface area contributed by atoms with Crippen LogP contribution in [-0.4, -0.2) is 16.0 Å². The van der Waals surface area contributed by atoms with E-state index in [4.69, 9.17) is 5.11 Å². The number of carbonyl (C=O) groups is 1. The average Bonchev–Trinajstić information content (AvgIpc) is 2.39. The van der Waals surface area contributed by atoms with E-state index in [-0.39, 0.29) is 11.3 Å². The Hall–Kier alpha value is -2.34. The van der Waals surface area contributed by atoms with Crippen LogP contribution in [0, 0.1) is 10.1 Å². The number of hydrogen-bond acceptors (Lipinski definition) is 4. The van der Waals surface area contributed by atoms with Gasteiger partial charge in [-0.15, -0.1) is 0 Å². The van der Waals surface area contributed by atoms with Gasteiger partial charge in [-0.3, -0.25) is 10.1 Å². The van der Waals surface area contributed by atoms with Gasteiger partial charge in [0, 0.05) is 21.9 Å². The second-order valence-electron chi connectivity index (χ2n) is 3.69. The van der Waals surface area contributed by atoms with Crippen LogP contribution in [0.1, 0.15) is 10.4 Å². The molecule has 0 spiro atoms. The van der Waals surface area contributed by atoms with E-state index >= 15 is 0 Å². The lowest BCUT2D eigenvalue weighted by Crippen LogP contribution is -1.95. The molecule has 0 unspecified atom stereocenters. The number of nitro benzene ring substituents is 1. The Balaban J connectivity index is 2.26. The zero-order chi connectivity index (χ0) is 13.8. The van der Waals surface area contributed by atoms with Crippen molar-refractivity contribution < 1.29 is 14.8 Å². The van der Waals surface area contributed by atoms with Gasteiger partial charge in [-0.05, 0) is 24.3 Å². The number of carboxylic acids is 1. The largest absolute Gasteiger partial charge is 0.478 e. The molecule has 19 heavy (non-hydrogen) atoms. The fraction of sp³-hybridized carbons (Fsp3) is 0. The molecule has 0 aliphatic rings. The normalized spacial score (nSPS) is 10.1. The van der Waals surface area contributed by atoms with E-state index in [9.17, 15) is 14.9 Å². The molecule has 5 nitrogen and oxygen atoms in total. The van der Waals surface area contributed by atoms with Crippen molar-refractivity contribution in [2.75, 3.05) is 0 Å². The molecule has 0 atom stereocenters. The van der Waals surface area contributed by atoms with Crippen LogP contribution in [0.15, 0.2) is 58.3 Å². The van der Waals surface area contributed by atoms with Gasteiger partial charge >= 0.3 is 5.97 Å². The fourth-order valence-electron chi connectivity index (χ4n) is 1.49. The highest BCUT2D eigenvalue weighted by Gasteiger charge is 2.08. The van der Waals surface area contributed by atoms with Crippen LogP contribution < -0.4 is 0 Å². The number of non-ortho nitro benzene ring substituents is 1. The molecule has 6 heteroatoms. The number of nitro groups is 1. The number of carboxylic acid groups (broad SMARTS) is 1. The molecule has 0 aliphatic heterocycles. The summed E-state index contributed by atoms with van der Waals surface area (Å²) in [6, 6.07) is 12.6. The number of rotatable bonds is 4. The van der Waals surface area contributed by atoms with Crippen LogP contribution >= 0.6 is 11.8 Å². The minimum atomic E-state index is -0.999. The maximum Gasteiger partial charge on any atom is 0.335 e. The summed E-state index contributed by atoms with van der Waals surface area (Å²) in [4.78, 5) is 22.5. The van der Waals surface area contributed by atoms with Crippen LogP contribution in [0.25, 0.3) is 0 Å². The van der Waals surface area contributed by atoms with E-state index in [1.807, 2.05) is 0 Å². The lowest BCUT2D eigenvalue weighted by atomic mass is 10.2. The fourth-order valence-corrected chi connectivity index (χ4v) is 2.42. The third-order valence-corrected chi connectivity index (χ3v) is 3.32. The summed E-state index contributed by atoms with van der Waals surface area (Å²) < 4.78 is 0. The van der Waals surface area contributed by atoms with E-state index < -0.39 is 10.9 Å². The monoisotopic (exact) mass is 275 g/mol. The first kappa shape index (κ1) is 13.1. The lowest BCUT2D eigenvalue weighted by molar-refractivity contribution is -0.385. The molecule has 0 radical (unpaired) electrons. The standard InChI is InChI=1S/C13H9NO4S/c15-13(16)9-3-1-5-11(7-9)19-12-6-2-4-10(8-12)14(17)18/h1-8H,(H,15,16). The van der Waals surface area contributed by atoms with Gasteiger partial charge in [-0.25, -0.2) is 4.79 Å². The topological polar surface area (TPSA) is 80.4 Å². The van der Waals surface area contributed by atoms with Crippen LogP contribution in [0.4, 0.5) is 5.69 Å². The first-order valence-corrected chi connectivity index (χ1v) is 6.13. The van der Waals surface area contributed by atoms with Gasteiger partial charge in [0.1, 0.15) is 0 Å². The minimum Gasteiger partial charge on any atom is -0.478 e. The zero-order valence-corrected chi connectivity index (χ0v) is 10.5. The molecule has 2 aromatic carbocycles. The number of nitrogens with zero attached hydrogens (tertiary/aromatic N) is 1. The van der Waals surface area contributed by atoms with Crippen LogP contribution in [-0.2, 0) is 0 Å². The molecule has 2 rings (SSSR count). The van der Waals surface area contributed by atoms with E-state index in [1.165, 1.54) is 36.0 Å². The van der Waals surface area contributed by atoms with E-state index in [2.05, 4.69) is 0 Å². The predicted octanol–water partition coefficient (Wildman–Crippen LogP) is 3.44. The highest BCUT2D eigenvalue weighted by atomic mass is 32.2. The molecule has 96 valence electrons. The molecule has 0 amide bonds. The summed E-state index contributed by atoms with van der Waals surface area (Å²) in [5, 5.41) is 19.6. The Kier molecular flexibility index (Phi) is 3.82. The summed E-state index contributed by atoms with van der Waals surface area (Å²) >= 11 is 1.28. The third kappa shape index (κ3) is 3.32. The van der Waals surface area contributed by atoms with Crippen molar-refractivity contribution in [3.05, 3.63) is 64.2 Å². The van der Waals surface area contributed by atoms with Crippen molar-refractivity contribution in [1.29, 1.82) is 0 Å². The summed E-state index contributed by atoms with van der Waals surface area (Å²) in [7, 11) is 0. The Morgan fingerprint density at radius 2 is 1.74 bits per heavy atom. The molecule has 0 aromatic heterocycles.